The van der Waals surface area contributed by atoms with Gasteiger partial charge in [0.1, 0.15) is 0 Å². The molecular weight excluding hydrogens is 252 g/mol. The molecule has 0 bridgehead atoms. The summed E-state index contributed by atoms with van der Waals surface area (Å²) in [5.41, 5.74) is 0. The number of nitrogens with one attached hydrogen (secondary N) is 1. The third-order valence-corrected chi connectivity index (χ3v) is 4.35. The van der Waals surface area contributed by atoms with E-state index in [0.717, 1.165) is 25.8 Å². The number of nitrogens with zero attached hydrogens (tertiary/aromatic N) is 1. The van der Waals surface area contributed by atoms with Gasteiger partial charge in [-0.2, -0.15) is 0 Å². The Morgan fingerprint density at radius 2 is 1.95 bits per heavy atom. The van der Waals surface area contributed by atoms with Crippen LogP contribution in [-0.4, -0.2) is 47.2 Å². The van der Waals surface area contributed by atoms with Gasteiger partial charge in [0.25, 0.3) is 0 Å². The lowest BCUT2D eigenvalue weighted by atomic mass is 10.0. The van der Waals surface area contributed by atoms with Crippen molar-refractivity contribution in [2.24, 2.45) is 5.92 Å². The first-order valence-corrected chi connectivity index (χ1v) is 8.11. The summed E-state index contributed by atoms with van der Waals surface area (Å²) in [6.45, 7) is 9.57. The zero-order chi connectivity index (χ0) is 15.1. The summed E-state index contributed by atoms with van der Waals surface area (Å²) in [4.78, 5) is 14.4. The third kappa shape index (κ3) is 6.23. The number of carbonyl (C=O) groups excluding carboxylic acids is 1. The number of hydrogen-bond acceptors (Lipinski definition) is 3. The maximum absolute atomic E-state index is 12.2. The number of aliphatic hydroxyl groups excluding tert-OH is 1. The van der Waals surface area contributed by atoms with Crippen molar-refractivity contribution in [2.45, 2.75) is 78.0 Å². The van der Waals surface area contributed by atoms with Crippen LogP contribution in [0.3, 0.4) is 0 Å². The molecule has 2 N–H and O–H groups in total. The molecule has 4 nitrogen and oxygen atoms in total. The minimum Gasteiger partial charge on any atom is -0.393 e. The molecular formula is C16H32N2O2. The molecule has 1 saturated heterocycles. The van der Waals surface area contributed by atoms with E-state index in [9.17, 15) is 9.90 Å². The summed E-state index contributed by atoms with van der Waals surface area (Å²) in [6.07, 6.45) is 5.17. The van der Waals surface area contributed by atoms with Gasteiger partial charge in [-0.05, 0) is 45.6 Å². The first-order chi connectivity index (χ1) is 9.40. The van der Waals surface area contributed by atoms with Crippen LogP contribution in [0.15, 0.2) is 0 Å². The molecule has 3 unspecified atom stereocenters. The molecule has 0 aromatic carbocycles. The maximum atomic E-state index is 12.2. The standard InChI is InChI=1S/C16H32N2O2/c1-12(2)14(4)17-16(20)11-18-9-7-5-6-8-15(18)10-13(3)19/h12-15,19H,5-11H2,1-4H3,(H,17,20). The van der Waals surface area contributed by atoms with Crippen LogP contribution in [0.1, 0.15) is 59.8 Å². The quantitative estimate of drug-likeness (QED) is 0.786. The fourth-order valence-corrected chi connectivity index (χ4v) is 2.76. The zero-order valence-electron chi connectivity index (χ0n) is 13.6. The van der Waals surface area contributed by atoms with Crippen LogP contribution in [0.25, 0.3) is 0 Å². The molecule has 3 atom stereocenters. The molecule has 0 spiro atoms. The molecule has 4 heteroatoms. The minimum atomic E-state index is -0.293. The summed E-state index contributed by atoms with van der Waals surface area (Å²) in [5, 5.41) is 12.7. The van der Waals surface area contributed by atoms with E-state index in [2.05, 4.69) is 31.0 Å². The van der Waals surface area contributed by atoms with Gasteiger partial charge in [-0.1, -0.05) is 26.7 Å². The van der Waals surface area contributed by atoms with E-state index in [1.807, 2.05) is 6.92 Å². The van der Waals surface area contributed by atoms with Gasteiger partial charge in [-0.3, -0.25) is 9.69 Å². The lowest BCUT2D eigenvalue weighted by molar-refractivity contribution is -0.123. The molecule has 1 aliphatic rings. The summed E-state index contributed by atoms with van der Waals surface area (Å²) in [6, 6.07) is 0.558. The van der Waals surface area contributed by atoms with Gasteiger partial charge in [-0.25, -0.2) is 0 Å². The summed E-state index contributed by atoms with van der Waals surface area (Å²) in [7, 11) is 0. The Balaban J connectivity index is 2.53. The topological polar surface area (TPSA) is 52.6 Å². The maximum Gasteiger partial charge on any atom is 0.234 e. The molecule has 20 heavy (non-hydrogen) atoms. The molecule has 0 aliphatic carbocycles. The van der Waals surface area contributed by atoms with Crippen molar-refractivity contribution in [1.29, 1.82) is 0 Å². The number of likely N-dealkylation sites (tertiary alicyclic amines) is 1. The van der Waals surface area contributed by atoms with E-state index < -0.39 is 0 Å². The fourth-order valence-electron chi connectivity index (χ4n) is 2.76. The van der Waals surface area contributed by atoms with Gasteiger partial charge in [0.05, 0.1) is 12.6 Å². The Bertz CT molecular complexity index is 292. The fraction of sp³-hybridized carbons (Fsp3) is 0.938. The van der Waals surface area contributed by atoms with Gasteiger partial charge >= 0.3 is 0 Å². The molecule has 1 fully saturated rings. The smallest absolute Gasteiger partial charge is 0.234 e. The zero-order valence-corrected chi connectivity index (χ0v) is 13.6. The lowest BCUT2D eigenvalue weighted by Crippen LogP contribution is -2.46. The van der Waals surface area contributed by atoms with Gasteiger partial charge in [0.15, 0.2) is 0 Å². The van der Waals surface area contributed by atoms with E-state index in [1.165, 1.54) is 12.8 Å². The highest BCUT2D eigenvalue weighted by atomic mass is 16.3. The van der Waals surface area contributed by atoms with Crippen molar-refractivity contribution in [1.82, 2.24) is 10.2 Å². The van der Waals surface area contributed by atoms with Gasteiger partial charge in [0.2, 0.25) is 5.91 Å². The molecule has 0 radical (unpaired) electrons. The molecule has 1 rings (SSSR count). The third-order valence-electron chi connectivity index (χ3n) is 4.35. The Morgan fingerprint density at radius 1 is 1.25 bits per heavy atom. The monoisotopic (exact) mass is 284 g/mol. The van der Waals surface area contributed by atoms with Crippen LogP contribution in [0.4, 0.5) is 0 Å². The predicted octanol–water partition coefficient (Wildman–Crippen LogP) is 2.16. The van der Waals surface area contributed by atoms with Crippen molar-refractivity contribution < 1.29 is 9.90 Å². The van der Waals surface area contributed by atoms with Crippen molar-refractivity contribution in [3.05, 3.63) is 0 Å². The molecule has 0 saturated carbocycles. The Morgan fingerprint density at radius 3 is 2.55 bits per heavy atom. The van der Waals surface area contributed by atoms with Crippen molar-refractivity contribution in [3.63, 3.8) is 0 Å². The van der Waals surface area contributed by atoms with Crippen molar-refractivity contribution in [3.8, 4) is 0 Å². The average Bonchev–Trinajstić information content (AvgIpc) is 2.54. The molecule has 0 aromatic rings. The second kappa shape index (κ2) is 8.63. The lowest BCUT2D eigenvalue weighted by Gasteiger charge is -2.31. The highest BCUT2D eigenvalue weighted by Gasteiger charge is 2.24. The van der Waals surface area contributed by atoms with Crippen LogP contribution in [0, 0.1) is 5.92 Å². The van der Waals surface area contributed by atoms with Crippen LogP contribution in [-0.2, 0) is 4.79 Å². The van der Waals surface area contributed by atoms with Crippen LogP contribution < -0.4 is 5.32 Å². The van der Waals surface area contributed by atoms with Gasteiger partial charge in [-0.15, -0.1) is 0 Å². The van der Waals surface area contributed by atoms with Crippen LogP contribution in [0.2, 0.25) is 0 Å². The van der Waals surface area contributed by atoms with E-state index in [1.54, 1.807) is 0 Å². The van der Waals surface area contributed by atoms with Crippen molar-refractivity contribution in [2.75, 3.05) is 13.1 Å². The Kier molecular flexibility index (Phi) is 7.52. The normalized spacial score (nSPS) is 24.2. The molecule has 1 amide bonds. The van der Waals surface area contributed by atoms with Gasteiger partial charge < -0.3 is 10.4 Å². The minimum absolute atomic E-state index is 0.115. The highest BCUT2D eigenvalue weighted by Crippen LogP contribution is 2.20. The second-order valence-corrected chi connectivity index (χ2v) is 6.66. The van der Waals surface area contributed by atoms with E-state index in [4.69, 9.17) is 0 Å². The SMILES string of the molecule is CC(O)CC1CCCCCN1CC(=O)NC(C)C(C)C. The molecule has 118 valence electrons. The number of aliphatic hydroxyl groups is 1. The van der Waals surface area contributed by atoms with E-state index in [0.29, 0.717) is 18.5 Å². The van der Waals surface area contributed by atoms with Gasteiger partial charge in [0, 0.05) is 12.1 Å². The number of amides is 1. The molecule has 1 heterocycles. The summed E-state index contributed by atoms with van der Waals surface area (Å²) >= 11 is 0. The average molecular weight is 284 g/mol. The van der Waals surface area contributed by atoms with Crippen LogP contribution >= 0.6 is 0 Å². The molecule has 0 aromatic heterocycles. The number of hydrogen-bond donors (Lipinski definition) is 2. The Labute approximate surface area is 123 Å². The van der Waals surface area contributed by atoms with E-state index in [-0.39, 0.29) is 18.1 Å². The van der Waals surface area contributed by atoms with Crippen LogP contribution in [0.5, 0.6) is 0 Å². The number of carbonyl (C=O) groups is 1. The first-order valence-electron chi connectivity index (χ1n) is 8.11. The first kappa shape index (κ1) is 17.4. The van der Waals surface area contributed by atoms with Crippen molar-refractivity contribution >= 4 is 5.91 Å². The molecule has 1 aliphatic heterocycles. The summed E-state index contributed by atoms with van der Waals surface area (Å²) in [5.74, 6) is 0.569. The second-order valence-electron chi connectivity index (χ2n) is 6.66. The Hall–Kier alpha value is -0.610. The predicted molar refractivity (Wildman–Crippen MR) is 82.6 cm³/mol. The highest BCUT2D eigenvalue weighted by molar-refractivity contribution is 5.78. The summed E-state index contributed by atoms with van der Waals surface area (Å²) < 4.78 is 0. The van der Waals surface area contributed by atoms with E-state index >= 15 is 0 Å². The largest absolute Gasteiger partial charge is 0.393 e. The number of rotatable bonds is 6.